The van der Waals surface area contributed by atoms with Gasteiger partial charge in [-0.15, -0.1) is 0 Å². The fourth-order valence-electron chi connectivity index (χ4n) is 4.22. The largest absolute Gasteiger partial charge is 0.445 e. The van der Waals surface area contributed by atoms with E-state index in [-0.39, 0.29) is 18.2 Å². The number of carbonyl (C=O) groups excluding carboxylic acids is 1. The number of benzene rings is 1. The molecule has 1 fully saturated rings. The van der Waals surface area contributed by atoms with Crippen molar-refractivity contribution < 1.29 is 9.53 Å². The molecule has 1 amide bonds. The topological polar surface area (TPSA) is 42.4 Å². The summed E-state index contributed by atoms with van der Waals surface area (Å²) in [5, 5.41) is 0. The van der Waals surface area contributed by atoms with Crippen molar-refractivity contribution in [1.82, 2.24) is 9.88 Å². The van der Waals surface area contributed by atoms with Gasteiger partial charge in [0.15, 0.2) is 0 Å². The summed E-state index contributed by atoms with van der Waals surface area (Å²) in [4.78, 5) is 19.1. The van der Waals surface area contributed by atoms with Gasteiger partial charge in [0.2, 0.25) is 0 Å². The number of hydrogen-bond acceptors (Lipinski definition) is 3. The fraction of sp³-hybridized carbons (Fsp3) is 0.391. The van der Waals surface area contributed by atoms with Gasteiger partial charge in [-0.25, -0.2) is 4.79 Å². The number of fused-ring (bicyclic) bond motifs is 2. The van der Waals surface area contributed by atoms with Crippen LogP contribution in [0, 0.1) is 0 Å². The second kappa shape index (κ2) is 8.38. The lowest BCUT2D eigenvalue weighted by Gasteiger charge is -2.44. The summed E-state index contributed by atoms with van der Waals surface area (Å²) in [7, 11) is 0. The highest BCUT2D eigenvalue weighted by Crippen LogP contribution is 2.35. The molecule has 2 atom stereocenters. The molecule has 1 aromatic carbocycles. The van der Waals surface area contributed by atoms with E-state index in [0.717, 1.165) is 43.4 Å². The van der Waals surface area contributed by atoms with Crippen molar-refractivity contribution >= 4 is 6.09 Å². The molecule has 2 aliphatic heterocycles. The van der Waals surface area contributed by atoms with E-state index in [1.165, 1.54) is 12.0 Å². The van der Waals surface area contributed by atoms with E-state index in [2.05, 4.69) is 17.1 Å². The SMILES string of the molecule is O=C(OCc1ccccc1)N1C2C=C(CCc3ccccn3)CC1CCC2. The molecule has 2 aromatic rings. The minimum Gasteiger partial charge on any atom is -0.445 e. The van der Waals surface area contributed by atoms with E-state index in [4.69, 9.17) is 4.74 Å². The van der Waals surface area contributed by atoms with Gasteiger partial charge in [-0.1, -0.05) is 48.0 Å². The summed E-state index contributed by atoms with van der Waals surface area (Å²) in [5.41, 5.74) is 3.62. The van der Waals surface area contributed by atoms with Gasteiger partial charge in [0.05, 0.1) is 6.04 Å². The Balaban J connectivity index is 1.38. The Morgan fingerprint density at radius 2 is 1.93 bits per heavy atom. The van der Waals surface area contributed by atoms with E-state index in [9.17, 15) is 4.79 Å². The summed E-state index contributed by atoms with van der Waals surface area (Å²) >= 11 is 0. The zero-order chi connectivity index (χ0) is 18.5. The van der Waals surface area contributed by atoms with E-state index in [1.54, 1.807) is 0 Å². The molecule has 1 saturated heterocycles. The quantitative estimate of drug-likeness (QED) is 0.710. The van der Waals surface area contributed by atoms with Gasteiger partial charge < -0.3 is 4.74 Å². The maximum absolute atomic E-state index is 12.7. The summed E-state index contributed by atoms with van der Waals surface area (Å²) in [6.45, 7) is 0.339. The first-order chi connectivity index (χ1) is 13.3. The van der Waals surface area contributed by atoms with Crippen LogP contribution in [0.5, 0.6) is 0 Å². The second-order valence-electron chi connectivity index (χ2n) is 7.45. The molecular formula is C23H26N2O2. The van der Waals surface area contributed by atoms with Gasteiger partial charge in [0, 0.05) is 17.9 Å². The van der Waals surface area contributed by atoms with Crippen LogP contribution >= 0.6 is 0 Å². The lowest BCUT2D eigenvalue weighted by molar-refractivity contribution is 0.0479. The lowest BCUT2D eigenvalue weighted by atomic mass is 9.84. The minimum atomic E-state index is -0.173. The van der Waals surface area contributed by atoms with Crippen LogP contribution < -0.4 is 0 Å². The first-order valence-electron chi connectivity index (χ1n) is 9.88. The Morgan fingerprint density at radius 1 is 1.07 bits per heavy atom. The van der Waals surface area contributed by atoms with Crippen molar-refractivity contribution in [2.24, 2.45) is 0 Å². The third kappa shape index (κ3) is 4.38. The third-order valence-corrected chi connectivity index (χ3v) is 5.56. The smallest absolute Gasteiger partial charge is 0.410 e. The maximum Gasteiger partial charge on any atom is 0.410 e. The molecule has 4 heteroatoms. The molecule has 4 nitrogen and oxygen atoms in total. The van der Waals surface area contributed by atoms with Crippen LogP contribution in [0.4, 0.5) is 4.79 Å². The maximum atomic E-state index is 12.7. The van der Waals surface area contributed by atoms with Crippen molar-refractivity contribution in [1.29, 1.82) is 0 Å². The molecule has 0 saturated carbocycles. The molecule has 4 rings (SSSR count). The second-order valence-corrected chi connectivity index (χ2v) is 7.45. The molecule has 0 aliphatic carbocycles. The number of rotatable bonds is 5. The molecule has 1 aromatic heterocycles. The van der Waals surface area contributed by atoms with Crippen molar-refractivity contribution in [2.75, 3.05) is 0 Å². The Labute approximate surface area is 160 Å². The molecule has 0 radical (unpaired) electrons. The van der Waals surface area contributed by atoms with Crippen molar-refractivity contribution in [3.05, 3.63) is 77.6 Å². The zero-order valence-electron chi connectivity index (χ0n) is 15.6. The van der Waals surface area contributed by atoms with E-state index >= 15 is 0 Å². The van der Waals surface area contributed by atoms with E-state index in [1.807, 2.05) is 53.6 Å². The van der Waals surface area contributed by atoms with Gasteiger partial charge >= 0.3 is 6.09 Å². The van der Waals surface area contributed by atoms with Crippen LogP contribution in [0.3, 0.4) is 0 Å². The number of aryl methyl sites for hydroxylation is 1. The fourth-order valence-corrected chi connectivity index (χ4v) is 4.22. The van der Waals surface area contributed by atoms with Gasteiger partial charge in [-0.05, 0) is 56.2 Å². The predicted octanol–water partition coefficient (Wildman–Crippen LogP) is 4.90. The Hall–Kier alpha value is -2.62. The standard InChI is InChI=1S/C23H26N2O2/c26-23(27-17-18-7-2-1-3-8-18)25-21-10-6-11-22(25)16-19(15-21)12-13-20-9-4-5-14-24-20/h1-5,7-9,14-15,21-22H,6,10-13,16-17H2. The normalized spacial score (nSPS) is 21.5. The zero-order valence-corrected chi connectivity index (χ0v) is 15.6. The molecule has 27 heavy (non-hydrogen) atoms. The van der Waals surface area contributed by atoms with Crippen LogP contribution in [0.2, 0.25) is 0 Å². The third-order valence-electron chi connectivity index (χ3n) is 5.56. The van der Waals surface area contributed by atoms with Crippen molar-refractivity contribution in [2.45, 2.75) is 57.2 Å². The summed E-state index contributed by atoms with van der Waals surface area (Å²) in [6, 6.07) is 16.4. The Morgan fingerprint density at radius 3 is 2.70 bits per heavy atom. The van der Waals surface area contributed by atoms with Gasteiger partial charge in [-0.2, -0.15) is 0 Å². The van der Waals surface area contributed by atoms with E-state index in [0.29, 0.717) is 6.61 Å². The number of carbonyl (C=O) groups is 1. The minimum absolute atomic E-state index is 0.173. The molecule has 0 spiro atoms. The highest BCUT2D eigenvalue weighted by Gasteiger charge is 2.37. The molecule has 140 valence electrons. The van der Waals surface area contributed by atoms with Crippen LogP contribution in [0.25, 0.3) is 0 Å². The highest BCUT2D eigenvalue weighted by atomic mass is 16.6. The van der Waals surface area contributed by atoms with Gasteiger partial charge in [-0.3, -0.25) is 9.88 Å². The summed E-state index contributed by atoms with van der Waals surface area (Å²) in [5.74, 6) is 0. The number of amides is 1. The molecule has 0 N–H and O–H groups in total. The molecule has 3 heterocycles. The first kappa shape index (κ1) is 17.8. The number of hydrogen-bond donors (Lipinski definition) is 0. The van der Waals surface area contributed by atoms with Gasteiger partial charge in [0.1, 0.15) is 6.61 Å². The number of piperidine rings is 1. The lowest BCUT2D eigenvalue weighted by Crippen LogP contribution is -2.51. The van der Waals surface area contributed by atoms with Crippen LogP contribution in [0.15, 0.2) is 66.4 Å². The Kier molecular flexibility index (Phi) is 5.52. The Bertz CT molecular complexity index is 789. The monoisotopic (exact) mass is 362 g/mol. The number of pyridine rings is 1. The average Bonchev–Trinajstić information content (AvgIpc) is 2.71. The highest BCUT2D eigenvalue weighted by molar-refractivity contribution is 5.69. The number of nitrogens with zero attached hydrogens (tertiary/aromatic N) is 2. The average molecular weight is 362 g/mol. The van der Waals surface area contributed by atoms with Crippen molar-refractivity contribution in [3.8, 4) is 0 Å². The molecule has 2 unspecified atom stereocenters. The number of aromatic nitrogens is 1. The molecule has 2 bridgehead atoms. The van der Waals surface area contributed by atoms with E-state index < -0.39 is 0 Å². The van der Waals surface area contributed by atoms with Gasteiger partial charge in [0.25, 0.3) is 0 Å². The first-order valence-corrected chi connectivity index (χ1v) is 9.88. The predicted molar refractivity (Wildman–Crippen MR) is 105 cm³/mol. The van der Waals surface area contributed by atoms with Crippen LogP contribution in [-0.4, -0.2) is 28.1 Å². The van der Waals surface area contributed by atoms with Crippen molar-refractivity contribution in [3.63, 3.8) is 0 Å². The summed E-state index contributed by atoms with van der Waals surface area (Å²) < 4.78 is 5.62. The molecule has 2 aliphatic rings. The molecular weight excluding hydrogens is 336 g/mol. The summed E-state index contributed by atoms with van der Waals surface area (Å²) in [6.07, 6.45) is 10.2. The van der Waals surface area contributed by atoms with Crippen LogP contribution in [-0.2, 0) is 17.8 Å². The number of ether oxygens (including phenoxy) is 1. The van der Waals surface area contributed by atoms with Crippen LogP contribution in [0.1, 0.15) is 43.4 Å².